The summed E-state index contributed by atoms with van der Waals surface area (Å²) in [6.07, 6.45) is 1.74. The van der Waals surface area contributed by atoms with Gasteiger partial charge in [0.1, 0.15) is 6.61 Å². The summed E-state index contributed by atoms with van der Waals surface area (Å²) in [4.78, 5) is 36.1. The summed E-state index contributed by atoms with van der Waals surface area (Å²) < 4.78 is 10.7. The van der Waals surface area contributed by atoms with Crippen LogP contribution >= 0.6 is 0 Å². The third-order valence-electron chi connectivity index (χ3n) is 4.30. The number of hydrogen-bond donors (Lipinski definition) is 3. The van der Waals surface area contributed by atoms with E-state index in [0.717, 1.165) is 19.4 Å². The lowest BCUT2D eigenvalue weighted by atomic mass is 9.96. The number of carboxylic acid groups (broad SMARTS) is 1. The van der Waals surface area contributed by atoms with Crippen LogP contribution in [0.3, 0.4) is 0 Å². The number of amides is 2. The summed E-state index contributed by atoms with van der Waals surface area (Å²) >= 11 is 0. The van der Waals surface area contributed by atoms with Crippen LogP contribution in [0.25, 0.3) is 0 Å². The topological polar surface area (TPSA) is 131 Å². The molecule has 2 aliphatic rings. The lowest BCUT2D eigenvalue weighted by molar-refractivity contribution is -0.148. The fraction of sp³-hybridized carbons (Fsp3) is 0.800. The van der Waals surface area contributed by atoms with Gasteiger partial charge < -0.3 is 25.6 Å². The molecule has 0 aliphatic carbocycles. The minimum Gasteiger partial charge on any atom is -0.480 e. The molecular weight excluding hydrogens is 318 g/mol. The number of piperidine rings is 1. The molecule has 0 aromatic heterocycles. The van der Waals surface area contributed by atoms with Crippen molar-refractivity contribution in [1.82, 2.24) is 10.2 Å². The van der Waals surface area contributed by atoms with Crippen molar-refractivity contribution in [1.29, 1.82) is 0 Å². The van der Waals surface area contributed by atoms with Crippen molar-refractivity contribution in [2.45, 2.75) is 31.4 Å². The molecule has 2 heterocycles. The maximum absolute atomic E-state index is 12.5. The number of nitrogens with zero attached hydrogens (tertiary/aromatic N) is 1. The molecular formula is C15H25N3O6. The van der Waals surface area contributed by atoms with Gasteiger partial charge in [0.25, 0.3) is 0 Å². The van der Waals surface area contributed by atoms with Crippen LogP contribution in [0.5, 0.6) is 0 Å². The van der Waals surface area contributed by atoms with E-state index in [1.165, 1.54) is 0 Å². The van der Waals surface area contributed by atoms with Crippen molar-refractivity contribution in [2.75, 3.05) is 39.5 Å². The molecule has 2 amide bonds. The molecule has 0 spiro atoms. The molecule has 2 rings (SSSR count). The highest BCUT2D eigenvalue weighted by Crippen LogP contribution is 2.18. The quantitative estimate of drug-likeness (QED) is 0.516. The molecule has 3 atom stereocenters. The van der Waals surface area contributed by atoms with E-state index in [9.17, 15) is 14.4 Å². The molecule has 2 fully saturated rings. The SMILES string of the molecule is NC(=O)CN1CCCC(C(=O)N[C@@H]2COCC[C@@H]2OCC(=O)O)C1. The number of ether oxygens (including phenoxy) is 2. The van der Waals surface area contributed by atoms with Gasteiger partial charge in [0.15, 0.2) is 0 Å². The Balaban J connectivity index is 1.86. The van der Waals surface area contributed by atoms with E-state index in [2.05, 4.69) is 5.32 Å². The highest BCUT2D eigenvalue weighted by Gasteiger charge is 2.32. The van der Waals surface area contributed by atoms with E-state index >= 15 is 0 Å². The van der Waals surface area contributed by atoms with Gasteiger partial charge >= 0.3 is 5.97 Å². The van der Waals surface area contributed by atoms with Crippen molar-refractivity contribution in [2.24, 2.45) is 11.7 Å². The van der Waals surface area contributed by atoms with E-state index in [1.54, 1.807) is 0 Å². The van der Waals surface area contributed by atoms with Crippen molar-refractivity contribution in [3.8, 4) is 0 Å². The highest BCUT2D eigenvalue weighted by molar-refractivity contribution is 5.80. The second kappa shape index (κ2) is 8.95. The number of carbonyl (C=O) groups excluding carboxylic acids is 2. The molecule has 0 bridgehead atoms. The highest BCUT2D eigenvalue weighted by atomic mass is 16.5. The van der Waals surface area contributed by atoms with E-state index in [0.29, 0.717) is 26.2 Å². The zero-order valence-corrected chi connectivity index (χ0v) is 13.6. The number of carboxylic acids is 1. The van der Waals surface area contributed by atoms with Gasteiger partial charge in [-0.15, -0.1) is 0 Å². The van der Waals surface area contributed by atoms with Gasteiger partial charge in [-0.1, -0.05) is 0 Å². The predicted octanol–water partition coefficient (Wildman–Crippen LogP) is -1.44. The first-order valence-corrected chi connectivity index (χ1v) is 8.18. The van der Waals surface area contributed by atoms with Gasteiger partial charge in [-0.2, -0.15) is 0 Å². The van der Waals surface area contributed by atoms with Crippen LogP contribution in [-0.2, 0) is 23.9 Å². The fourth-order valence-electron chi connectivity index (χ4n) is 3.16. The standard InChI is InChI=1S/C15H25N3O6/c16-13(19)7-18-4-1-2-10(6-18)15(22)17-11-8-23-5-3-12(11)24-9-14(20)21/h10-12H,1-9H2,(H2,16,19)(H,17,22)(H,20,21)/t10?,11-,12+/m1/s1. The lowest BCUT2D eigenvalue weighted by Gasteiger charge is -2.35. The number of nitrogens with two attached hydrogens (primary N) is 1. The molecule has 9 heteroatoms. The summed E-state index contributed by atoms with van der Waals surface area (Å²) in [6.45, 7) is 1.78. The lowest BCUT2D eigenvalue weighted by Crippen LogP contribution is -2.54. The van der Waals surface area contributed by atoms with Gasteiger partial charge in [0, 0.05) is 13.2 Å². The molecule has 0 saturated carbocycles. The third-order valence-corrected chi connectivity index (χ3v) is 4.30. The number of likely N-dealkylation sites (tertiary alicyclic amines) is 1. The average Bonchev–Trinajstić information content (AvgIpc) is 2.53. The van der Waals surface area contributed by atoms with Crippen LogP contribution in [0.1, 0.15) is 19.3 Å². The summed E-state index contributed by atoms with van der Waals surface area (Å²) in [6, 6.07) is -0.364. The Hall–Kier alpha value is -1.71. The van der Waals surface area contributed by atoms with Crippen molar-refractivity contribution in [3.05, 3.63) is 0 Å². The number of nitrogens with one attached hydrogen (secondary N) is 1. The van der Waals surface area contributed by atoms with E-state index < -0.39 is 18.5 Å². The maximum atomic E-state index is 12.5. The summed E-state index contributed by atoms with van der Waals surface area (Å²) in [5, 5.41) is 11.6. The zero-order valence-electron chi connectivity index (χ0n) is 13.6. The Bertz CT molecular complexity index is 472. The zero-order chi connectivity index (χ0) is 17.5. The Morgan fingerprint density at radius 1 is 1.33 bits per heavy atom. The number of carbonyl (C=O) groups is 3. The summed E-state index contributed by atoms with van der Waals surface area (Å²) in [5.74, 6) is -1.79. The number of aliphatic carboxylic acids is 1. The second-order valence-corrected chi connectivity index (χ2v) is 6.26. The van der Waals surface area contributed by atoms with E-state index in [4.69, 9.17) is 20.3 Å². The van der Waals surface area contributed by atoms with Crippen molar-refractivity contribution in [3.63, 3.8) is 0 Å². The smallest absolute Gasteiger partial charge is 0.329 e. The predicted molar refractivity (Wildman–Crippen MR) is 83.1 cm³/mol. The fourth-order valence-corrected chi connectivity index (χ4v) is 3.16. The number of rotatable bonds is 7. The Morgan fingerprint density at radius 3 is 2.83 bits per heavy atom. The normalized spacial score (nSPS) is 28.2. The van der Waals surface area contributed by atoms with Gasteiger partial charge in [-0.05, 0) is 25.8 Å². The first kappa shape index (κ1) is 18.6. The second-order valence-electron chi connectivity index (χ2n) is 6.26. The van der Waals surface area contributed by atoms with Crippen LogP contribution in [0.2, 0.25) is 0 Å². The molecule has 0 aromatic carbocycles. The first-order chi connectivity index (χ1) is 11.5. The van der Waals surface area contributed by atoms with Crippen LogP contribution in [-0.4, -0.2) is 79.4 Å². The molecule has 24 heavy (non-hydrogen) atoms. The summed E-state index contributed by atoms with van der Waals surface area (Å²) in [7, 11) is 0. The minimum atomic E-state index is -1.04. The number of hydrogen-bond acceptors (Lipinski definition) is 6. The Labute approximate surface area is 140 Å². The molecule has 2 saturated heterocycles. The first-order valence-electron chi connectivity index (χ1n) is 8.18. The average molecular weight is 343 g/mol. The number of primary amides is 1. The van der Waals surface area contributed by atoms with Crippen molar-refractivity contribution < 1.29 is 29.0 Å². The van der Waals surface area contributed by atoms with Crippen LogP contribution in [0.15, 0.2) is 0 Å². The molecule has 0 radical (unpaired) electrons. The van der Waals surface area contributed by atoms with Crippen molar-refractivity contribution >= 4 is 17.8 Å². The molecule has 0 aromatic rings. The molecule has 4 N–H and O–H groups in total. The van der Waals surface area contributed by atoms with Gasteiger partial charge in [-0.3, -0.25) is 14.5 Å². The van der Waals surface area contributed by atoms with Crippen LogP contribution < -0.4 is 11.1 Å². The monoisotopic (exact) mass is 343 g/mol. The molecule has 2 aliphatic heterocycles. The largest absolute Gasteiger partial charge is 0.480 e. The molecule has 136 valence electrons. The molecule has 1 unspecified atom stereocenters. The van der Waals surface area contributed by atoms with Gasteiger partial charge in [0.05, 0.1) is 31.2 Å². The Kier molecular flexibility index (Phi) is 6.95. The van der Waals surface area contributed by atoms with E-state index in [1.807, 2.05) is 4.90 Å². The van der Waals surface area contributed by atoms with Crippen LogP contribution in [0.4, 0.5) is 0 Å². The molecule has 9 nitrogen and oxygen atoms in total. The maximum Gasteiger partial charge on any atom is 0.329 e. The third kappa shape index (κ3) is 5.73. The summed E-state index contributed by atoms with van der Waals surface area (Å²) in [5.41, 5.74) is 5.21. The Morgan fingerprint density at radius 2 is 2.12 bits per heavy atom. The minimum absolute atomic E-state index is 0.122. The van der Waals surface area contributed by atoms with Crippen LogP contribution in [0, 0.1) is 5.92 Å². The van der Waals surface area contributed by atoms with Gasteiger partial charge in [0.2, 0.25) is 11.8 Å². The van der Waals surface area contributed by atoms with Gasteiger partial charge in [-0.25, -0.2) is 4.79 Å². The van der Waals surface area contributed by atoms with E-state index in [-0.39, 0.29) is 30.5 Å².